The minimum absolute atomic E-state index is 0.121. The number of rotatable bonds is 19. The average molecular weight is 679 g/mol. The van der Waals surface area contributed by atoms with Gasteiger partial charge in [0, 0.05) is 51.5 Å². The summed E-state index contributed by atoms with van der Waals surface area (Å²) in [5, 5.41) is 30.7. The summed E-state index contributed by atoms with van der Waals surface area (Å²) in [5.74, 6) is -0.414. The van der Waals surface area contributed by atoms with Gasteiger partial charge in [-0.1, -0.05) is 31.0 Å². The Balaban J connectivity index is 2.23. The van der Waals surface area contributed by atoms with Crippen LogP contribution >= 0.6 is 0 Å². The number of benzene rings is 1. The molecule has 0 saturated heterocycles. The predicted molar refractivity (Wildman–Crippen MR) is 183 cm³/mol. The lowest BCUT2D eigenvalue weighted by Gasteiger charge is -2.26. The molecule has 48 heavy (non-hydrogen) atoms. The highest BCUT2D eigenvalue weighted by Gasteiger charge is 2.19. The van der Waals surface area contributed by atoms with E-state index >= 15 is 0 Å². The number of amides is 6. The van der Waals surface area contributed by atoms with Crippen molar-refractivity contribution in [3.05, 3.63) is 30.3 Å². The number of carboxylic acid groups (broad SMARTS) is 2. The van der Waals surface area contributed by atoms with Crippen LogP contribution in [0.15, 0.2) is 35.3 Å². The van der Waals surface area contributed by atoms with Crippen LogP contribution in [0, 0.1) is 0 Å². The SMILES string of the molecule is CC(CCN(CCCCNC(=O)NCC(=O)NCCCCCCN(C)/C(=N\C(=O)OC(C)(C)C)NC(=O)O)c1ccccc1)NC(=O)O. The zero-order valence-electron chi connectivity index (χ0n) is 28.8. The first kappa shape index (κ1) is 41.3. The molecule has 6 amide bonds. The molecule has 1 aromatic carbocycles. The Morgan fingerprint density at radius 2 is 1.46 bits per heavy atom. The Bertz CT molecular complexity index is 1180. The summed E-state index contributed by atoms with van der Waals surface area (Å²) in [4.78, 5) is 65.7. The second-order valence-electron chi connectivity index (χ2n) is 12.3. The van der Waals surface area contributed by atoms with E-state index in [0.29, 0.717) is 39.0 Å². The van der Waals surface area contributed by atoms with Crippen molar-refractivity contribution >= 4 is 41.9 Å². The number of guanidine groups is 1. The highest BCUT2D eigenvalue weighted by molar-refractivity contribution is 5.98. The van der Waals surface area contributed by atoms with Crippen molar-refractivity contribution in [3.63, 3.8) is 0 Å². The fourth-order valence-electron chi connectivity index (χ4n) is 4.39. The number of anilines is 1. The van der Waals surface area contributed by atoms with Gasteiger partial charge in [0.1, 0.15) is 5.60 Å². The maximum absolute atomic E-state index is 12.1. The second-order valence-corrected chi connectivity index (χ2v) is 12.3. The number of nitrogens with zero attached hydrogens (tertiary/aromatic N) is 3. The van der Waals surface area contributed by atoms with E-state index < -0.39 is 29.9 Å². The standard InChI is InChI=1S/C32H54N8O8/c1-24(36-29(43)44)17-22-40(25-15-9-8-10-16-25)21-14-12-19-34-28(42)35-23-26(41)33-18-11-6-7-13-20-39(5)27(37-30(45)46)38-31(47)48-32(2,3)4/h8-10,15-16,24,36H,6-7,11-14,17-23H2,1-5H3,(H,33,41)(H,43,44)(H,45,46)(H2,34,35,42)(H,37,38,47). The van der Waals surface area contributed by atoms with Crippen molar-refractivity contribution in [1.29, 1.82) is 0 Å². The largest absolute Gasteiger partial charge is 0.465 e. The van der Waals surface area contributed by atoms with Crippen molar-refractivity contribution in [2.45, 2.75) is 84.3 Å². The van der Waals surface area contributed by atoms with Crippen LogP contribution in [-0.2, 0) is 9.53 Å². The predicted octanol–water partition coefficient (Wildman–Crippen LogP) is 3.79. The van der Waals surface area contributed by atoms with Crippen LogP contribution in [0.3, 0.4) is 0 Å². The number of ether oxygens (including phenoxy) is 1. The van der Waals surface area contributed by atoms with E-state index in [1.165, 1.54) is 4.90 Å². The highest BCUT2D eigenvalue weighted by Crippen LogP contribution is 2.15. The number of carbonyl (C=O) groups is 5. The Kier molecular flexibility index (Phi) is 19.5. The number of carbonyl (C=O) groups excluding carboxylic acids is 3. The summed E-state index contributed by atoms with van der Waals surface area (Å²) in [7, 11) is 1.62. The Labute approximate surface area is 283 Å². The van der Waals surface area contributed by atoms with Crippen LogP contribution in [0.1, 0.15) is 72.6 Å². The summed E-state index contributed by atoms with van der Waals surface area (Å²) in [6, 6.07) is 9.29. The smallest absolute Gasteiger partial charge is 0.437 e. The van der Waals surface area contributed by atoms with Crippen LogP contribution < -0.4 is 31.5 Å². The monoisotopic (exact) mass is 678 g/mol. The molecule has 1 unspecified atom stereocenters. The number of unbranched alkanes of at least 4 members (excludes halogenated alkanes) is 4. The summed E-state index contributed by atoms with van der Waals surface area (Å²) < 4.78 is 5.12. The van der Waals surface area contributed by atoms with Gasteiger partial charge < -0.3 is 46.0 Å². The Morgan fingerprint density at radius 1 is 0.833 bits per heavy atom. The number of urea groups is 1. The van der Waals surface area contributed by atoms with Crippen LogP contribution in [0.25, 0.3) is 0 Å². The van der Waals surface area contributed by atoms with Crippen molar-refractivity contribution in [2.75, 3.05) is 51.2 Å². The van der Waals surface area contributed by atoms with Gasteiger partial charge in [0.2, 0.25) is 11.9 Å². The molecule has 270 valence electrons. The lowest BCUT2D eigenvalue weighted by atomic mass is 10.2. The zero-order valence-corrected chi connectivity index (χ0v) is 28.8. The third-order valence-electron chi connectivity index (χ3n) is 6.79. The molecule has 0 aliphatic rings. The van der Waals surface area contributed by atoms with Gasteiger partial charge in [-0.2, -0.15) is 0 Å². The van der Waals surface area contributed by atoms with Crippen LogP contribution in [0.5, 0.6) is 0 Å². The molecule has 0 fully saturated rings. The minimum atomic E-state index is -1.34. The van der Waals surface area contributed by atoms with E-state index in [1.54, 1.807) is 27.8 Å². The van der Waals surface area contributed by atoms with Crippen molar-refractivity contribution in [3.8, 4) is 0 Å². The van der Waals surface area contributed by atoms with Crippen LogP contribution in [-0.4, -0.2) is 109 Å². The minimum Gasteiger partial charge on any atom is -0.465 e. The fraction of sp³-hybridized carbons (Fsp3) is 0.625. The summed E-state index contributed by atoms with van der Waals surface area (Å²) in [5.41, 5.74) is 0.292. The van der Waals surface area contributed by atoms with Gasteiger partial charge in [0.25, 0.3) is 0 Å². The Hall–Kier alpha value is -4.76. The first-order chi connectivity index (χ1) is 22.7. The summed E-state index contributed by atoms with van der Waals surface area (Å²) in [6.45, 7) is 9.53. The number of aliphatic imine (C=N–C) groups is 1. The molecule has 16 heteroatoms. The second kappa shape index (κ2) is 22.7. The number of nitrogens with one attached hydrogen (secondary N) is 5. The molecule has 1 rings (SSSR count). The highest BCUT2D eigenvalue weighted by atomic mass is 16.6. The van der Waals surface area contributed by atoms with Gasteiger partial charge >= 0.3 is 24.3 Å². The average Bonchev–Trinajstić information content (AvgIpc) is 2.99. The van der Waals surface area contributed by atoms with Crippen molar-refractivity contribution in [1.82, 2.24) is 31.5 Å². The van der Waals surface area contributed by atoms with Crippen molar-refractivity contribution < 1.29 is 38.9 Å². The van der Waals surface area contributed by atoms with E-state index in [1.807, 2.05) is 37.3 Å². The molecule has 0 aromatic heterocycles. The van der Waals surface area contributed by atoms with E-state index in [-0.39, 0.29) is 24.5 Å². The van der Waals surface area contributed by atoms with Gasteiger partial charge in [0.05, 0.1) is 6.54 Å². The third kappa shape index (κ3) is 21.1. The van der Waals surface area contributed by atoms with E-state index in [0.717, 1.165) is 44.3 Å². The number of hydrogen-bond acceptors (Lipinski definition) is 7. The molecule has 0 aliphatic heterocycles. The molecule has 0 saturated carbocycles. The molecule has 1 atom stereocenters. The lowest BCUT2D eigenvalue weighted by Crippen LogP contribution is -2.43. The summed E-state index contributed by atoms with van der Waals surface area (Å²) in [6.07, 6.45) is 1.97. The first-order valence-electron chi connectivity index (χ1n) is 16.3. The summed E-state index contributed by atoms with van der Waals surface area (Å²) >= 11 is 0. The van der Waals surface area contributed by atoms with Gasteiger partial charge in [0.15, 0.2) is 0 Å². The van der Waals surface area contributed by atoms with E-state index in [4.69, 9.17) is 14.9 Å². The molecular weight excluding hydrogens is 624 g/mol. The van der Waals surface area contributed by atoms with Gasteiger partial charge in [-0.15, -0.1) is 4.99 Å². The fourth-order valence-corrected chi connectivity index (χ4v) is 4.39. The molecule has 7 N–H and O–H groups in total. The molecule has 0 spiro atoms. The lowest BCUT2D eigenvalue weighted by molar-refractivity contribution is -0.120. The number of hydrogen-bond donors (Lipinski definition) is 7. The van der Waals surface area contributed by atoms with Gasteiger partial charge in [-0.3, -0.25) is 10.1 Å². The number of para-hydroxylation sites is 1. The molecule has 0 bridgehead atoms. The maximum atomic E-state index is 12.1. The Morgan fingerprint density at radius 3 is 2.10 bits per heavy atom. The molecule has 1 aromatic rings. The molecule has 16 nitrogen and oxygen atoms in total. The van der Waals surface area contributed by atoms with E-state index in [9.17, 15) is 24.0 Å². The topological polar surface area (TPSA) is 214 Å². The third-order valence-corrected chi connectivity index (χ3v) is 6.79. The molecule has 0 heterocycles. The zero-order chi connectivity index (χ0) is 36.0. The van der Waals surface area contributed by atoms with Crippen molar-refractivity contribution in [2.24, 2.45) is 4.99 Å². The van der Waals surface area contributed by atoms with Crippen LogP contribution in [0.2, 0.25) is 0 Å². The normalized spacial score (nSPS) is 11.9. The van der Waals surface area contributed by atoms with Crippen LogP contribution in [0.4, 0.5) is 24.9 Å². The maximum Gasteiger partial charge on any atom is 0.437 e. The molecule has 0 aliphatic carbocycles. The van der Waals surface area contributed by atoms with Gasteiger partial charge in [-0.25, -0.2) is 19.2 Å². The first-order valence-corrected chi connectivity index (χ1v) is 16.3. The van der Waals surface area contributed by atoms with Gasteiger partial charge in [-0.05, 0) is 71.9 Å². The molecular formula is C32H54N8O8. The molecule has 0 radical (unpaired) electrons. The van der Waals surface area contributed by atoms with E-state index in [2.05, 4.69) is 36.5 Å². The quantitative estimate of drug-likeness (QED) is 0.0639.